The Kier molecular flexibility index (Phi) is 5.47. The van der Waals surface area contributed by atoms with E-state index in [-0.39, 0.29) is 36.9 Å². The van der Waals surface area contributed by atoms with Crippen molar-refractivity contribution in [2.75, 3.05) is 31.6 Å². The highest BCUT2D eigenvalue weighted by molar-refractivity contribution is 5.82. The van der Waals surface area contributed by atoms with Crippen molar-refractivity contribution < 1.29 is 24.4 Å². The number of rotatable bonds is 6. The third-order valence-corrected chi connectivity index (χ3v) is 3.49. The molecule has 1 aromatic rings. The van der Waals surface area contributed by atoms with Crippen molar-refractivity contribution in [1.29, 1.82) is 0 Å². The van der Waals surface area contributed by atoms with E-state index in [1.54, 1.807) is 6.07 Å². The number of amides is 1. The largest absolute Gasteiger partial charge is 0.481 e. The molecule has 0 bridgehead atoms. The second-order valence-electron chi connectivity index (χ2n) is 5.04. The Labute approximate surface area is 132 Å². The topological polar surface area (TPSA) is 122 Å². The van der Waals surface area contributed by atoms with Gasteiger partial charge >= 0.3 is 5.97 Å². The van der Waals surface area contributed by atoms with E-state index in [1.165, 1.54) is 23.1 Å². The molecule has 23 heavy (non-hydrogen) atoms. The highest BCUT2D eigenvalue weighted by atomic mass is 16.6. The van der Waals surface area contributed by atoms with Gasteiger partial charge in [-0.05, 0) is 6.07 Å². The number of carboxylic acids is 1. The molecule has 1 amide bonds. The number of ether oxygens (including phenoxy) is 1. The maximum atomic E-state index is 12.3. The predicted molar refractivity (Wildman–Crippen MR) is 80.2 cm³/mol. The Morgan fingerprint density at radius 2 is 2.17 bits per heavy atom. The van der Waals surface area contributed by atoms with Gasteiger partial charge in [0.1, 0.15) is 5.69 Å². The van der Waals surface area contributed by atoms with Gasteiger partial charge in [0.15, 0.2) is 0 Å². The molecule has 0 saturated carbocycles. The normalized spacial score (nSPS) is 17.6. The van der Waals surface area contributed by atoms with Gasteiger partial charge in [-0.2, -0.15) is 0 Å². The number of carbonyl (C=O) groups excluding carboxylic acids is 1. The first-order valence-corrected chi connectivity index (χ1v) is 7.05. The second kappa shape index (κ2) is 7.54. The van der Waals surface area contributed by atoms with Gasteiger partial charge in [0, 0.05) is 12.6 Å². The highest BCUT2D eigenvalue weighted by Gasteiger charge is 2.29. The van der Waals surface area contributed by atoms with Gasteiger partial charge in [0.05, 0.1) is 37.1 Å². The number of para-hydroxylation sites is 2. The average molecular weight is 323 g/mol. The third-order valence-electron chi connectivity index (χ3n) is 3.49. The standard InChI is InChI=1S/C14H17N3O6/c18-13(16-5-6-23-9-10(16)7-14(19)20)8-15-11-3-1-2-4-12(11)17(21)22/h1-4,10,15H,5-9H2,(H,19,20). The fourth-order valence-corrected chi connectivity index (χ4v) is 2.41. The van der Waals surface area contributed by atoms with E-state index in [9.17, 15) is 19.7 Å². The number of morpholine rings is 1. The van der Waals surface area contributed by atoms with E-state index in [1.807, 2.05) is 0 Å². The van der Waals surface area contributed by atoms with E-state index in [0.29, 0.717) is 13.2 Å². The minimum absolute atomic E-state index is 0.121. The Hall–Kier alpha value is -2.68. The van der Waals surface area contributed by atoms with Crippen molar-refractivity contribution in [1.82, 2.24) is 4.90 Å². The van der Waals surface area contributed by atoms with Crippen LogP contribution < -0.4 is 5.32 Å². The van der Waals surface area contributed by atoms with E-state index in [4.69, 9.17) is 9.84 Å². The predicted octanol–water partition coefficient (Wildman–Crippen LogP) is 0.709. The molecule has 1 unspecified atom stereocenters. The maximum Gasteiger partial charge on any atom is 0.305 e. The smallest absolute Gasteiger partial charge is 0.305 e. The Bertz CT molecular complexity index is 606. The first-order valence-electron chi connectivity index (χ1n) is 7.05. The van der Waals surface area contributed by atoms with Crippen LogP contribution in [0.15, 0.2) is 24.3 Å². The first kappa shape index (κ1) is 16.7. The molecule has 0 radical (unpaired) electrons. The van der Waals surface area contributed by atoms with Gasteiger partial charge in [0.25, 0.3) is 5.69 Å². The summed E-state index contributed by atoms with van der Waals surface area (Å²) in [5.41, 5.74) is 0.123. The molecular formula is C14H17N3O6. The SMILES string of the molecule is O=C(O)CC1COCCN1C(=O)CNc1ccccc1[N+](=O)[O-]. The molecule has 2 N–H and O–H groups in total. The molecule has 124 valence electrons. The molecule has 1 atom stereocenters. The van der Waals surface area contributed by atoms with Crippen LogP contribution in [-0.2, 0) is 14.3 Å². The number of carbonyl (C=O) groups is 2. The van der Waals surface area contributed by atoms with E-state index in [0.717, 1.165) is 0 Å². The number of hydrogen-bond acceptors (Lipinski definition) is 6. The first-order chi connectivity index (χ1) is 11.0. The molecule has 2 rings (SSSR count). The molecule has 0 spiro atoms. The quantitative estimate of drug-likeness (QED) is 0.584. The van der Waals surface area contributed by atoms with E-state index < -0.39 is 16.9 Å². The van der Waals surface area contributed by atoms with Crippen molar-refractivity contribution in [3.8, 4) is 0 Å². The minimum Gasteiger partial charge on any atom is -0.481 e. The Morgan fingerprint density at radius 3 is 2.87 bits per heavy atom. The summed E-state index contributed by atoms with van der Waals surface area (Å²) in [6, 6.07) is 5.49. The monoisotopic (exact) mass is 323 g/mol. The molecule has 9 nitrogen and oxygen atoms in total. The third kappa shape index (κ3) is 4.39. The lowest BCUT2D eigenvalue weighted by Crippen LogP contribution is -2.51. The molecule has 1 aromatic carbocycles. The lowest BCUT2D eigenvalue weighted by Gasteiger charge is -2.35. The summed E-state index contributed by atoms with van der Waals surface area (Å²) < 4.78 is 5.21. The summed E-state index contributed by atoms with van der Waals surface area (Å²) in [5, 5.41) is 22.6. The number of nitro groups is 1. The number of benzene rings is 1. The number of nitro benzene ring substituents is 1. The van der Waals surface area contributed by atoms with Crippen LogP contribution in [0.3, 0.4) is 0 Å². The summed E-state index contributed by atoms with van der Waals surface area (Å²) in [6.07, 6.45) is -0.197. The van der Waals surface area contributed by atoms with E-state index in [2.05, 4.69) is 5.32 Å². The highest BCUT2D eigenvalue weighted by Crippen LogP contribution is 2.23. The summed E-state index contributed by atoms with van der Waals surface area (Å²) in [7, 11) is 0. The lowest BCUT2D eigenvalue weighted by molar-refractivity contribution is -0.383. The molecular weight excluding hydrogens is 306 g/mol. The van der Waals surface area contributed by atoms with Crippen molar-refractivity contribution >= 4 is 23.3 Å². The van der Waals surface area contributed by atoms with Gasteiger partial charge in [-0.25, -0.2) is 0 Å². The molecule has 1 saturated heterocycles. The molecule has 0 aliphatic carbocycles. The van der Waals surface area contributed by atoms with Gasteiger partial charge in [0.2, 0.25) is 5.91 Å². The van der Waals surface area contributed by atoms with Crippen LogP contribution >= 0.6 is 0 Å². The zero-order valence-electron chi connectivity index (χ0n) is 12.3. The summed E-state index contributed by atoms with van der Waals surface area (Å²) in [5.74, 6) is -1.33. The number of aliphatic carboxylic acids is 1. The Balaban J connectivity index is 2.01. The number of nitrogens with one attached hydrogen (secondary N) is 1. The molecule has 1 fully saturated rings. The van der Waals surface area contributed by atoms with Crippen LogP contribution in [-0.4, -0.2) is 59.2 Å². The van der Waals surface area contributed by atoms with Gasteiger partial charge < -0.3 is 20.1 Å². The zero-order chi connectivity index (χ0) is 16.8. The van der Waals surface area contributed by atoms with Crippen LogP contribution in [0, 0.1) is 10.1 Å². The molecule has 1 aliphatic heterocycles. The van der Waals surface area contributed by atoms with Crippen LogP contribution in [0.25, 0.3) is 0 Å². The van der Waals surface area contributed by atoms with Crippen LogP contribution in [0.5, 0.6) is 0 Å². The number of carboxylic acid groups (broad SMARTS) is 1. The number of hydrogen-bond donors (Lipinski definition) is 2. The zero-order valence-corrected chi connectivity index (χ0v) is 12.3. The van der Waals surface area contributed by atoms with Crippen molar-refractivity contribution in [3.05, 3.63) is 34.4 Å². The maximum absolute atomic E-state index is 12.3. The van der Waals surface area contributed by atoms with Crippen LogP contribution in [0.1, 0.15) is 6.42 Å². The minimum atomic E-state index is -1.01. The van der Waals surface area contributed by atoms with Crippen molar-refractivity contribution in [2.24, 2.45) is 0 Å². The van der Waals surface area contributed by atoms with Gasteiger partial charge in [-0.15, -0.1) is 0 Å². The summed E-state index contributed by atoms with van der Waals surface area (Å²) in [6.45, 7) is 0.660. The number of nitrogens with zero attached hydrogens (tertiary/aromatic N) is 2. The molecule has 1 aliphatic rings. The number of anilines is 1. The second-order valence-corrected chi connectivity index (χ2v) is 5.04. The van der Waals surface area contributed by atoms with Gasteiger partial charge in [-0.3, -0.25) is 19.7 Å². The molecule has 9 heteroatoms. The fraction of sp³-hybridized carbons (Fsp3) is 0.429. The van der Waals surface area contributed by atoms with Crippen molar-refractivity contribution in [2.45, 2.75) is 12.5 Å². The molecule has 1 heterocycles. The van der Waals surface area contributed by atoms with Crippen LogP contribution in [0.4, 0.5) is 11.4 Å². The molecule has 0 aromatic heterocycles. The van der Waals surface area contributed by atoms with Crippen molar-refractivity contribution in [3.63, 3.8) is 0 Å². The fourth-order valence-electron chi connectivity index (χ4n) is 2.41. The van der Waals surface area contributed by atoms with Gasteiger partial charge in [-0.1, -0.05) is 12.1 Å². The van der Waals surface area contributed by atoms with Crippen LogP contribution in [0.2, 0.25) is 0 Å². The summed E-state index contributed by atoms with van der Waals surface area (Å²) >= 11 is 0. The Morgan fingerprint density at radius 1 is 1.43 bits per heavy atom. The lowest BCUT2D eigenvalue weighted by atomic mass is 10.1. The summed E-state index contributed by atoms with van der Waals surface area (Å²) in [4.78, 5) is 35.0. The van der Waals surface area contributed by atoms with E-state index >= 15 is 0 Å². The average Bonchev–Trinajstić information content (AvgIpc) is 2.52.